The number of anilines is 1. The first-order chi connectivity index (χ1) is 9.04. The lowest BCUT2D eigenvalue weighted by Crippen LogP contribution is -2.43. The molecule has 1 aromatic rings. The van der Waals surface area contributed by atoms with Crippen LogP contribution in [0.3, 0.4) is 0 Å². The molecule has 1 saturated heterocycles. The number of halogens is 3. The molecule has 4 nitrogen and oxygen atoms in total. The third-order valence-corrected chi connectivity index (χ3v) is 3.97. The molecular weight excluding hydrogens is 257 g/mol. The van der Waals surface area contributed by atoms with Gasteiger partial charge >= 0.3 is 6.18 Å². The van der Waals surface area contributed by atoms with Crippen molar-refractivity contribution in [2.75, 3.05) is 18.4 Å². The van der Waals surface area contributed by atoms with Gasteiger partial charge in [0.15, 0.2) is 5.69 Å². The fourth-order valence-corrected chi connectivity index (χ4v) is 2.93. The molecule has 2 N–H and O–H groups in total. The highest BCUT2D eigenvalue weighted by Gasteiger charge is 2.36. The lowest BCUT2D eigenvalue weighted by molar-refractivity contribution is -0.140. The zero-order valence-corrected chi connectivity index (χ0v) is 10.5. The van der Waals surface area contributed by atoms with E-state index in [-0.39, 0.29) is 6.04 Å². The van der Waals surface area contributed by atoms with E-state index >= 15 is 0 Å². The lowest BCUT2D eigenvalue weighted by Gasteiger charge is -2.34. The molecule has 1 aromatic heterocycles. The SMILES string of the molecule is FC(F)(F)c1cn2c(n1)NC(C1CCCNC1)CC2. The van der Waals surface area contributed by atoms with Crippen molar-refractivity contribution in [2.24, 2.45) is 5.92 Å². The largest absolute Gasteiger partial charge is 0.434 e. The zero-order chi connectivity index (χ0) is 13.5. The third kappa shape index (κ3) is 2.56. The smallest absolute Gasteiger partial charge is 0.353 e. The van der Waals surface area contributed by atoms with Gasteiger partial charge in [-0.25, -0.2) is 4.98 Å². The summed E-state index contributed by atoms with van der Waals surface area (Å²) in [5.41, 5.74) is -0.808. The highest BCUT2D eigenvalue weighted by atomic mass is 19.4. The molecule has 0 aliphatic carbocycles. The van der Waals surface area contributed by atoms with Gasteiger partial charge in [0.1, 0.15) is 0 Å². The van der Waals surface area contributed by atoms with Crippen molar-refractivity contribution in [3.63, 3.8) is 0 Å². The first kappa shape index (κ1) is 12.8. The average Bonchev–Trinajstić information content (AvgIpc) is 2.82. The molecule has 0 saturated carbocycles. The van der Waals surface area contributed by atoms with E-state index in [2.05, 4.69) is 15.6 Å². The summed E-state index contributed by atoms with van der Waals surface area (Å²) in [7, 11) is 0. The van der Waals surface area contributed by atoms with Gasteiger partial charge in [0.2, 0.25) is 5.95 Å². The minimum absolute atomic E-state index is 0.226. The van der Waals surface area contributed by atoms with Crippen molar-refractivity contribution in [1.29, 1.82) is 0 Å². The maximum absolute atomic E-state index is 12.6. The van der Waals surface area contributed by atoms with Gasteiger partial charge in [-0.2, -0.15) is 13.2 Å². The topological polar surface area (TPSA) is 41.9 Å². The Morgan fingerprint density at radius 1 is 1.32 bits per heavy atom. The fourth-order valence-electron chi connectivity index (χ4n) is 2.93. The van der Waals surface area contributed by atoms with Gasteiger partial charge in [0, 0.05) is 18.8 Å². The van der Waals surface area contributed by atoms with Crippen LogP contribution >= 0.6 is 0 Å². The molecule has 0 spiro atoms. The summed E-state index contributed by atoms with van der Waals surface area (Å²) < 4.78 is 39.4. The quantitative estimate of drug-likeness (QED) is 0.824. The van der Waals surface area contributed by atoms with Gasteiger partial charge in [-0.15, -0.1) is 0 Å². The Balaban J connectivity index is 1.74. The van der Waals surface area contributed by atoms with Crippen LogP contribution < -0.4 is 10.6 Å². The number of hydrogen-bond donors (Lipinski definition) is 2. The van der Waals surface area contributed by atoms with Gasteiger partial charge in [0.25, 0.3) is 0 Å². The second-order valence-electron chi connectivity index (χ2n) is 5.29. The Morgan fingerprint density at radius 2 is 2.16 bits per heavy atom. The Hall–Kier alpha value is -1.24. The van der Waals surface area contributed by atoms with Crippen molar-refractivity contribution in [3.05, 3.63) is 11.9 Å². The van der Waals surface area contributed by atoms with Crippen molar-refractivity contribution < 1.29 is 13.2 Å². The molecule has 2 aliphatic rings. The molecule has 0 bridgehead atoms. The number of nitrogens with one attached hydrogen (secondary N) is 2. The van der Waals surface area contributed by atoms with E-state index < -0.39 is 11.9 Å². The van der Waals surface area contributed by atoms with Crippen molar-refractivity contribution in [2.45, 2.75) is 38.0 Å². The van der Waals surface area contributed by atoms with Crippen molar-refractivity contribution in [1.82, 2.24) is 14.9 Å². The summed E-state index contributed by atoms with van der Waals surface area (Å²) in [6.07, 6.45) is -0.165. The van der Waals surface area contributed by atoms with Crippen LogP contribution in [0.15, 0.2) is 6.20 Å². The highest BCUT2D eigenvalue weighted by molar-refractivity contribution is 5.33. The molecule has 2 aliphatic heterocycles. The summed E-state index contributed by atoms with van der Waals surface area (Å²) in [5.74, 6) is 0.836. The van der Waals surface area contributed by atoms with Crippen LogP contribution in [0.4, 0.5) is 19.1 Å². The Kier molecular flexibility index (Phi) is 3.16. The summed E-state index contributed by atoms with van der Waals surface area (Å²) in [4.78, 5) is 3.67. The number of aromatic nitrogens is 2. The summed E-state index contributed by atoms with van der Waals surface area (Å²) in [6, 6.07) is 0.226. The summed E-state index contributed by atoms with van der Waals surface area (Å²) in [5, 5.41) is 6.51. The van der Waals surface area contributed by atoms with Gasteiger partial charge in [-0.3, -0.25) is 0 Å². The molecule has 0 amide bonds. The molecule has 19 heavy (non-hydrogen) atoms. The second-order valence-corrected chi connectivity index (χ2v) is 5.29. The summed E-state index contributed by atoms with van der Waals surface area (Å²) >= 11 is 0. The molecule has 3 heterocycles. The predicted molar refractivity (Wildman–Crippen MR) is 64.9 cm³/mol. The first-order valence-electron chi connectivity index (χ1n) is 6.65. The number of rotatable bonds is 1. The normalized spacial score (nSPS) is 27.7. The Morgan fingerprint density at radius 3 is 2.84 bits per heavy atom. The van der Waals surface area contributed by atoms with Crippen LogP contribution in [-0.2, 0) is 12.7 Å². The zero-order valence-electron chi connectivity index (χ0n) is 10.5. The molecule has 106 valence electrons. The van der Waals surface area contributed by atoms with E-state index in [1.807, 2.05) is 0 Å². The van der Waals surface area contributed by atoms with Crippen LogP contribution in [-0.4, -0.2) is 28.7 Å². The predicted octanol–water partition coefficient (Wildman–Crippen LogP) is 2.09. The van der Waals surface area contributed by atoms with E-state index in [1.54, 1.807) is 4.57 Å². The second kappa shape index (κ2) is 4.70. The molecule has 1 fully saturated rings. The summed E-state index contributed by atoms with van der Waals surface area (Å²) in [6.45, 7) is 2.58. The molecular formula is C12H17F3N4. The van der Waals surface area contributed by atoms with Crippen molar-refractivity contribution >= 4 is 5.95 Å². The first-order valence-corrected chi connectivity index (χ1v) is 6.65. The molecule has 2 atom stereocenters. The van der Waals surface area contributed by atoms with Gasteiger partial charge in [0.05, 0.1) is 0 Å². The van der Waals surface area contributed by atoms with E-state index in [0.29, 0.717) is 18.4 Å². The van der Waals surface area contributed by atoms with Gasteiger partial charge in [-0.05, 0) is 38.3 Å². The number of hydrogen-bond acceptors (Lipinski definition) is 3. The van der Waals surface area contributed by atoms with Crippen LogP contribution in [0.5, 0.6) is 0 Å². The molecule has 2 unspecified atom stereocenters. The van der Waals surface area contributed by atoms with Gasteiger partial charge < -0.3 is 15.2 Å². The van der Waals surface area contributed by atoms with Gasteiger partial charge in [-0.1, -0.05) is 0 Å². The number of aryl methyl sites for hydroxylation is 1. The number of imidazole rings is 1. The van der Waals surface area contributed by atoms with Crippen LogP contribution in [0.2, 0.25) is 0 Å². The Bertz CT molecular complexity index is 448. The minimum Gasteiger partial charge on any atom is -0.353 e. The maximum atomic E-state index is 12.6. The monoisotopic (exact) mass is 274 g/mol. The Labute approximate surface area is 109 Å². The van der Waals surface area contributed by atoms with E-state index in [0.717, 1.165) is 38.5 Å². The third-order valence-electron chi connectivity index (χ3n) is 3.97. The minimum atomic E-state index is -4.37. The molecule has 3 rings (SSSR count). The van der Waals surface area contributed by atoms with Crippen LogP contribution in [0, 0.1) is 5.92 Å². The average molecular weight is 274 g/mol. The van der Waals surface area contributed by atoms with Crippen molar-refractivity contribution in [3.8, 4) is 0 Å². The number of fused-ring (bicyclic) bond motifs is 1. The number of piperidine rings is 1. The van der Waals surface area contributed by atoms with Crippen LogP contribution in [0.1, 0.15) is 25.0 Å². The molecule has 7 heteroatoms. The van der Waals surface area contributed by atoms with E-state index in [4.69, 9.17) is 0 Å². The van der Waals surface area contributed by atoms with E-state index in [1.165, 1.54) is 0 Å². The van der Waals surface area contributed by atoms with Crippen LogP contribution in [0.25, 0.3) is 0 Å². The van der Waals surface area contributed by atoms with E-state index in [9.17, 15) is 13.2 Å². The number of nitrogens with zero attached hydrogens (tertiary/aromatic N) is 2. The standard InChI is InChI=1S/C12H17F3N4/c13-12(14,15)10-7-19-5-3-9(17-11(19)18-10)8-2-1-4-16-6-8/h7-9,16H,1-6H2,(H,17,18). The highest BCUT2D eigenvalue weighted by Crippen LogP contribution is 2.32. The fraction of sp³-hybridized carbons (Fsp3) is 0.750. The maximum Gasteiger partial charge on any atom is 0.434 e. The number of alkyl halides is 3. The molecule has 0 radical (unpaired) electrons. The molecule has 0 aromatic carbocycles. The lowest BCUT2D eigenvalue weighted by atomic mass is 9.89.